The third-order valence-electron chi connectivity index (χ3n) is 2.83. The van der Waals surface area contributed by atoms with Crippen LogP contribution >= 0.6 is 0 Å². The molecule has 1 unspecified atom stereocenters. The second kappa shape index (κ2) is 5.01. The van der Waals surface area contributed by atoms with E-state index in [9.17, 15) is 4.79 Å². The second-order valence-corrected chi connectivity index (χ2v) is 3.99. The van der Waals surface area contributed by atoms with Crippen molar-refractivity contribution in [1.82, 2.24) is 10.3 Å². The Balaban J connectivity index is 2.07. The SMILES string of the molecule is COC(=O)C(C)NCc1c[nH]c2ccccc12. The molecule has 2 aromatic rings. The normalized spacial score (nSPS) is 12.6. The van der Waals surface area contributed by atoms with Crippen molar-refractivity contribution in [2.45, 2.75) is 19.5 Å². The molecule has 0 aliphatic carbocycles. The van der Waals surface area contributed by atoms with Gasteiger partial charge in [-0.15, -0.1) is 0 Å². The van der Waals surface area contributed by atoms with Gasteiger partial charge in [-0.1, -0.05) is 18.2 Å². The standard InChI is InChI=1S/C13H16N2O2/c1-9(13(16)17-2)14-7-10-8-15-12-6-4-3-5-11(10)12/h3-6,8-9,14-15H,7H2,1-2H3. The van der Waals surface area contributed by atoms with E-state index in [0.29, 0.717) is 6.54 Å². The smallest absolute Gasteiger partial charge is 0.322 e. The number of hydrogen-bond donors (Lipinski definition) is 2. The summed E-state index contributed by atoms with van der Waals surface area (Å²) in [6.45, 7) is 2.43. The lowest BCUT2D eigenvalue weighted by atomic mass is 10.1. The van der Waals surface area contributed by atoms with Gasteiger partial charge in [0, 0.05) is 23.6 Å². The number of nitrogens with one attached hydrogen (secondary N) is 2. The van der Waals surface area contributed by atoms with Gasteiger partial charge in [0.1, 0.15) is 6.04 Å². The summed E-state index contributed by atoms with van der Waals surface area (Å²) in [6, 6.07) is 7.79. The van der Waals surface area contributed by atoms with E-state index in [1.807, 2.05) is 24.4 Å². The Bertz CT molecular complexity index is 519. The maximum absolute atomic E-state index is 11.2. The fraction of sp³-hybridized carbons (Fsp3) is 0.308. The largest absolute Gasteiger partial charge is 0.468 e. The van der Waals surface area contributed by atoms with E-state index in [2.05, 4.69) is 21.1 Å². The average molecular weight is 232 g/mol. The molecular formula is C13H16N2O2. The number of para-hydroxylation sites is 1. The molecular weight excluding hydrogens is 216 g/mol. The lowest BCUT2D eigenvalue weighted by molar-refractivity contribution is -0.142. The molecule has 0 saturated carbocycles. The van der Waals surface area contributed by atoms with Crippen LogP contribution in [0, 0.1) is 0 Å². The lowest BCUT2D eigenvalue weighted by Crippen LogP contribution is -2.34. The third-order valence-corrected chi connectivity index (χ3v) is 2.83. The van der Waals surface area contributed by atoms with Crippen molar-refractivity contribution < 1.29 is 9.53 Å². The number of benzene rings is 1. The highest BCUT2D eigenvalue weighted by molar-refractivity contribution is 5.83. The van der Waals surface area contributed by atoms with Gasteiger partial charge in [-0.2, -0.15) is 0 Å². The van der Waals surface area contributed by atoms with Gasteiger partial charge in [-0.3, -0.25) is 4.79 Å². The number of fused-ring (bicyclic) bond motifs is 1. The van der Waals surface area contributed by atoms with Crippen LogP contribution in [0.5, 0.6) is 0 Å². The number of rotatable bonds is 4. The summed E-state index contributed by atoms with van der Waals surface area (Å²) in [7, 11) is 1.40. The zero-order chi connectivity index (χ0) is 12.3. The van der Waals surface area contributed by atoms with Crippen molar-refractivity contribution >= 4 is 16.9 Å². The molecule has 2 N–H and O–H groups in total. The van der Waals surface area contributed by atoms with E-state index < -0.39 is 0 Å². The Morgan fingerprint density at radius 1 is 1.47 bits per heavy atom. The summed E-state index contributed by atoms with van der Waals surface area (Å²) in [6.07, 6.45) is 1.96. The summed E-state index contributed by atoms with van der Waals surface area (Å²) >= 11 is 0. The molecule has 0 amide bonds. The Morgan fingerprint density at radius 3 is 3.00 bits per heavy atom. The molecule has 1 heterocycles. The first-order chi connectivity index (χ1) is 8.22. The van der Waals surface area contributed by atoms with E-state index in [1.165, 1.54) is 12.5 Å². The Morgan fingerprint density at radius 2 is 2.24 bits per heavy atom. The number of carbonyl (C=O) groups excluding carboxylic acids is 1. The molecule has 1 aromatic carbocycles. The Kier molecular flexibility index (Phi) is 3.44. The van der Waals surface area contributed by atoms with Crippen molar-refractivity contribution in [1.29, 1.82) is 0 Å². The van der Waals surface area contributed by atoms with Crippen molar-refractivity contribution in [3.05, 3.63) is 36.0 Å². The molecule has 1 atom stereocenters. The molecule has 90 valence electrons. The predicted octanol–water partition coefficient (Wildman–Crippen LogP) is 1.82. The first-order valence-electron chi connectivity index (χ1n) is 5.58. The number of ether oxygens (including phenoxy) is 1. The van der Waals surface area contributed by atoms with Crippen LogP contribution in [0.1, 0.15) is 12.5 Å². The van der Waals surface area contributed by atoms with Crippen LogP contribution in [-0.4, -0.2) is 24.1 Å². The van der Waals surface area contributed by atoms with Crippen LogP contribution in [0.3, 0.4) is 0 Å². The van der Waals surface area contributed by atoms with Gasteiger partial charge in [-0.05, 0) is 18.6 Å². The van der Waals surface area contributed by atoms with E-state index in [4.69, 9.17) is 0 Å². The first kappa shape index (κ1) is 11.7. The minimum atomic E-state index is -0.298. The summed E-state index contributed by atoms with van der Waals surface area (Å²) in [5, 5.41) is 4.31. The quantitative estimate of drug-likeness (QED) is 0.791. The third kappa shape index (κ3) is 2.47. The molecule has 0 aliphatic heterocycles. The molecule has 0 radical (unpaired) electrons. The molecule has 0 bridgehead atoms. The monoisotopic (exact) mass is 232 g/mol. The highest BCUT2D eigenvalue weighted by atomic mass is 16.5. The van der Waals surface area contributed by atoms with E-state index in [1.54, 1.807) is 6.92 Å². The fourth-order valence-electron chi connectivity index (χ4n) is 1.80. The van der Waals surface area contributed by atoms with E-state index >= 15 is 0 Å². The van der Waals surface area contributed by atoms with E-state index in [-0.39, 0.29) is 12.0 Å². The van der Waals surface area contributed by atoms with Crippen molar-refractivity contribution in [3.8, 4) is 0 Å². The van der Waals surface area contributed by atoms with Crippen LogP contribution in [-0.2, 0) is 16.1 Å². The summed E-state index contributed by atoms with van der Waals surface area (Å²) in [4.78, 5) is 14.4. The molecule has 0 saturated heterocycles. The van der Waals surface area contributed by atoms with Crippen molar-refractivity contribution in [3.63, 3.8) is 0 Å². The van der Waals surface area contributed by atoms with E-state index in [0.717, 1.165) is 11.1 Å². The van der Waals surface area contributed by atoms with Crippen LogP contribution in [0.25, 0.3) is 10.9 Å². The summed E-state index contributed by atoms with van der Waals surface area (Å²) in [5.74, 6) is -0.246. The zero-order valence-electron chi connectivity index (χ0n) is 9.99. The van der Waals surface area contributed by atoms with Gasteiger partial charge in [0.05, 0.1) is 7.11 Å². The molecule has 0 spiro atoms. The number of methoxy groups -OCH3 is 1. The van der Waals surface area contributed by atoms with Crippen LogP contribution in [0.15, 0.2) is 30.5 Å². The molecule has 1 aromatic heterocycles. The van der Waals surface area contributed by atoms with Gasteiger partial charge in [0.2, 0.25) is 0 Å². The van der Waals surface area contributed by atoms with Crippen molar-refractivity contribution in [2.75, 3.05) is 7.11 Å². The number of hydrogen-bond acceptors (Lipinski definition) is 3. The van der Waals surface area contributed by atoms with Crippen LogP contribution in [0.4, 0.5) is 0 Å². The first-order valence-corrected chi connectivity index (χ1v) is 5.58. The average Bonchev–Trinajstić information content (AvgIpc) is 2.78. The van der Waals surface area contributed by atoms with Crippen LogP contribution < -0.4 is 5.32 Å². The summed E-state index contributed by atoms with van der Waals surface area (Å²) < 4.78 is 4.66. The number of aromatic amines is 1. The van der Waals surface area contributed by atoms with Gasteiger partial charge < -0.3 is 15.0 Å². The number of esters is 1. The lowest BCUT2D eigenvalue weighted by Gasteiger charge is -2.10. The Labute approximate surface area is 100.0 Å². The maximum Gasteiger partial charge on any atom is 0.322 e. The maximum atomic E-state index is 11.2. The second-order valence-electron chi connectivity index (χ2n) is 3.99. The predicted molar refractivity (Wildman–Crippen MR) is 66.6 cm³/mol. The van der Waals surface area contributed by atoms with Gasteiger partial charge in [-0.25, -0.2) is 0 Å². The molecule has 4 nitrogen and oxygen atoms in total. The molecule has 0 fully saturated rings. The minimum Gasteiger partial charge on any atom is -0.468 e. The minimum absolute atomic E-state index is 0.246. The highest BCUT2D eigenvalue weighted by Crippen LogP contribution is 2.17. The number of H-pyrrole nitrogens is 1. The van der Waals surface area contributed by atoms with Crippen molar-refractivity contribution in [2.24, 2.45) is 0 Å². The van der Waals surface area contributed by atoms with Gasteiger partial charge >= 0.3 is 5.97 Å². The zero-order valence-corrected chi connectivity index (χ0v) is 9.99. The van der Waals surface area contributed by atoms with Gasteiger partial charge in [0.15, 0.2) is 0 Å². The molecule has 4 heteroatoms. The highest BCUT2D eigenvalue weighted by Gasteiger charge is 2.12. The molecule has 2 rings (SSSR count). The Hall–Kier alpha value is -1.81. The fourth-order valence-corrected chi connectivity index (χ4v) is 1.80. The number of aromatic nitrogens is 1. The van der Waals surface area contributed by atoms with Crippen LogP contribution in [0.2, 0.25) is 0 Å². The molecule has 0 aliphatic rings. The summed E-state index contributed by atoms with van der Waals surface area (Å²) in [5.41, 5.74) is 2.26. The molecule has 17 heavy (non-hydrogen) atoms. The topological polar surface area (TPSA) is 54.1 Å². The van der Waals surface area contributed by atoms with Gasteiger partial charge in [0.25, 0.3) is 0 Å². The number of carbonyl (C=O) groups is 1.